The predicted octanol–water partition coefficient (Wildman–Crippen LogP) is 1.69. The van der Waals surface area contributed by atoms with E-state index in [1.54, 1.807) is 7.05 Å². The molecule has 4 nitrogen and oxygen atoms in total. The van der Waals surface area contributed by atoms with Crippen molar-refractivity contribution in [1.82, 2.24) is 15.6 Å². The lowest BCUT2D eigenvalue weighted by atomic mass is 9.75. The maximum Gasteiger partial charge on any atom is 0.226 e. The SMILES string of the molecule is CNC(=O)C(C)(C)CNC1CC(c2ccncc2)C1. The highest BCUT2D eigenvalue weighted by atomic mass is 16.2. The fourth-order valence-electron chi connectivity index (χ4n) is 2.51. The van der Waals surface area contributed by atoms with E-state index in [0.29, 0.717) is 12.0 Å². The van der Waals surface area contributed by atoms with E-state index < -0.39 is 0 Å². The Morgan fingerprint density at radius 2 is 2.00 bits per heavy atom. The van der Waals surface area contributed by atoms with Crippen LogP contribution in [0.2, 0.25) is 0 Å². The van der Waals surface area contributed by atoms with Crippen LogP contribution in [0.25, 0.3) is 0 Å². The van der Waals surface area contributed by atoms with Crippen molar-refractivity contribution in [3.63, 3.8) is 0 Å². The second-order valence-electron chi connectivity index (χ2n) is 5.99. The summed E-state index contributed by atoms with van der Waals surface area (Å²) >= 11 is 0. The second kappa shape index (κ2) is 5.70. The second-order valence-corrected chi connectivity index (χ2v) is 5.99. The monoisotopic (exact) mass is 261 g/mol. The fourth-order valence-corrected chi connectivity index (χ4v) is 2.51. The van der Waals surface area contributed by atoms with Gasteiger partial charge in [-0.15, -0.1) is 0 Å². The van der Waals surface area contributed by atoms with E-state index in [9.17, 15) is 4.79 Å². The van der Waals surface area contributed by atoms with Crippen LogP contribution in [0.3, 0.4) is 0 Å². The molecule has 0 aromatic carbocycles. The van der Waals surface area contributed by atoms with Crippen LogP contribution in [0.15, 0.2) is 24.5 Å². The Morgan fingerprint density at radius 1 is 1.37 bits per heavy atom. The molecule has 1 heterocycles. The van der Waals surface area contributed by atoms with Crippen molar-refractivity contribution in [3.05, 3.63) is 30.1 Å². The largest absolute Gasteiger partial charge is 0.359 e. The summed E-state index contributed by atoms with van der Waals surface area (Å²) in [4.78, 5) is 15.7. The summed E-state index contributed by atoms with van der Waals surface area (Å²) in [5.74, 6) is 0.730. The van der Waals surface area contributed by atoms with E-state index in [1.165, 1.54) is 5.56 Å². The molecule has 0 saturated heterocycles. The van der Waals surface area contributed by atoms with Gasteiger partial charge in [0.1, 0.15) is 0 Å². The highest BCUT2D eigenvalue weighted by molar-refractivity contribution is 5.81. The number of nitrogens with zero attached hydrogens (tertiary/aromatic N) is 1. The van der Waals surface area contributed by atoms with Crippen LogP contribution in [0.1, 0.15) is 38.2 Å². The summed E-state index contributed by atoms with van der Waals surface area (Å²) in [7, 11) is 1.69. The first kappa shape index (κ1) is 14.0. The van der Waals surface area contributed by atoms with Crippen molar-refractivity contribution in [1.29, 1.82) is 0 Å². The Morgan fingerprint density at radius 3 is 2.58 bits per heavy atom. The van der Waals surface area contributed by atoms with Crippen molar-refractivity contribution in [2.45, 2.75) is 38.6 Å². The zero-order chi connectivity index (χ0) is 13.9. The van der Waals surface area contributed by atoms with Gasteiger partial charge in [-0.3, -0.25) is 9.78 Å². The number of hydrogen-bond acceptors (Lipinski definition) is 3. The molecule has 0 aliphatic heterocycles. The van der Waals surface area contributed by atoms with Gasteiger partial charge in [0.05, 0.1) is 5.41 Å². The molecular weight excluding hydrogens is 238 g/mol. The van der Waals surface area contributed by atoms with Gasteiger partial charge in [0, 0.05) is 32.0 Å². The molecule has 0 radical (unpaired) electrons. The number of aromatic nitrogens is 1. The lowest BCUT2D eigenvalue weighted by Crippen LogP contribution is -2.48. The predicted molar refractivity (Wildman–Crippen MR) is 75.9 cm³/mol. The Bertz CT molecular complexity index is 424. The zero-order valence-electron chi connectivity index (χ0n) is 11.9. The maximum absolute atomic E-state index is 11.7. The van der Waals surface area contributed by atoms with Crippen molar-refractivity contribution in [2.24, 2.45) is 5.41 Å². The molecule has 2 rings (SSSR count). The number of carbonyl (C=O) groups is 1. The van der Waals surface area contributed by atoms with Crippen molar-refractivity contribution < 1.29 is 4.79 Å². The van der Waals surface area contributed by atoms with Crippen LogP contribution in [-0.2, 0) is 4.79 Å². The molecule has 1 aliphatic rings. The minimum absolute atomic E-state index is 0.0880. The summed E-state index contributed by atoms with van der Waals surface area (Å²) in [5.41, 5.74) is 1.02. The molecule has 4 heteroatoms. The third kappa shape index (κ3) is 3.32. The Hall–Kier alpha value is -1.42. The van der Waals surface area contributed by atoms with Gasteiger partial charge in [0.2, 0.25) is 5.91 Å². The minimum Gasteiger partial charge on any atom is -0.359 e. The molecule has 1 aromatic heterocycles. The fraction of sp³-hybridized carbons (Fsp3) is 0.600. The lowest BCUT2D eigenvalue weighted by molar-refractivity contribution is -0.128. The van der Waals surface area contributed by atoms with E-state index >= 15 is 0 Å². The van der Waals surface area contributed by atoms with Gasteiger partial charge in [-0.1, -0.05) is 0 Å². The summed E-state index contributed by atoms with van der Waals surface area (Å²) in [6.07, 6.45) is 6.00. The zero-order valence-corrected chi connectivity index (χ0v) is 11.9. The molecule has 19 heavy (non-hydrogen) atoms. The van der Waals surface area contributed by atoms with Crippen molar-refractivity contribution in [2.75, 3.05) is 13.6 Å². The quantitative estimate of drug-likeness (QED) is 0.848. The highest BCUT2D eigenvalue weighted by Crippen LogP contribution is 2.36. The number of hydrogen-bond donors (Lipinski definition) is 2. The van der Waals surface area contributed by atoms with Gasteiger partial charge in [-0.05, 0) is 50.3 Å². The number of amides is 1. The van der Waals surface area contributed by atoms with Gasteiger partial charge in [0.15, 0.2) is 0 Å². The molecule has 1 amide bonds. The first-order chi connectivity index (χ1) is 9.03. The van der Waals surface area contributed by atoms with E-state index in [1.807, 2.05) is 26.2 Å². The molecule has 0 bridgehead atoms. The van der Waals surface area contributed by atoms with Gasteiger partial charge in [-0.25, -0.2) is 0 Å². The standard InChI is InChI=1S/C15H23N3O/c1-15(2,14(19)16-3)10-18-13-8-12(9-13)11-4-6-17-7-5-11/h4-7,12-13,18H,8-10H2,1-3H3,(H,16,19). The third-order valence-electron chi connectivity index (χ3n) is 3.99. The minimum atomic E-state index is -0.351. The van der Waals surface area contributed by atoms with Crippen LogP contribution < -0.4 is 10.6 Å². The summed E-state index contributed by atoms with van der Waals surface area (Å²) in [6, 6.07) is 4.71. The lowest BCUT2D eigenvalue weighted by Gasteiger charge is -2.38. The van der Waals surface area contributed by atoms with Crippen LogP contribution in [-0.4, -0.2) is 30.5 Å². The molecule has 1 saturated carbocycles. The molecular formula is C15H23N3O. The van der Waals surface area contributed by atoms with Gasteiger partial charge in [-0.2, -0.15) is 0 Å². The van der Waals surface area contributed by atoms with E-state index in [0.717, 1.165) is 19.4 Å². The van der Waals surface area contributed by atoms with Crippen molar-refractivity contribution in [3.8, 4) is 0 Å². The smallest absolute Gasteiger partial charge is 0.226 e. The molecule has 104 valence electrons. The van der Waals surface area contributed by atoms with Crippen LogP contribution in [0, 0.1) is 5.41 Å². The number of carbonyl (C=O) groups excluding carboxylic acids is 1. The normalized spacial score (nSPS) is 22.7. The van der Waals surface area contributed by atoms with Crippen molar-refractivity contribution >= 4 is 5.91 Å². The van der Waals surface area contributed by atoms with Gasteiger partial charge < -0.3 is 10.6 Å². The molecule has 0 unspecified atom stereocenters. The third-order valence-corrected chi connectivity index (χ3v) is 3.99. The maximum atomic E-state index is 11.7. The number of pyridine rings is 1. The van der Waals surface area contributed by atoms with E-state index in [4.69, 9.17) is 0 Å². The average Bonchev–Trinajstić information content (AvgIpc) is 2.37. The molecule has 0 spiro atoms. The Balaban J connectivity index is 1.75. The highest BCUT2D eigenvalue weighted by Gasteiger charge is 2.33. The average molecular weight is 261 g/mol. The Kier molecular flexibility index (Phi) is 4.20. The first-order valence-electron chi connectivity index (χ1n) is 6.88. The van der Waals surface area contributed by atoms with Gasteiger partial charge in [0.25, 0.3) is 0 Å². The molecule has 2 N–H and O–H groups in total. The Labute approximate surface area is 115 Å². The number of nitrogens with one attached hydrogen (secondary N) is 2. The van der Waals surface area contributed by atoms with Crippen LogP contribution in [0.4, 0.5) is 0 Å². The summed E-state index contributed by atoms with van der Waals surface area (Å²) in [5, 5.41) is 6.21. The first-order valence-corrected chi connectivity index (χ1v) is 6.88. The van der Waals surface area contributed by atoms with Gasteiger partial charge >= 0.3 is 0 Å². The van der Waals surface area contributed by atoms with E-state index in [-0.39, 0.29) is 11.3 Å². The van der Waals surface area contributed by atoms with E-state index in [2.05, 4.69) is 27.8 Å². The summed E-state index contributed by atoms with van der Waals surface area (Å²) < 4.78 is 0. The summed E-state index contributed by atoms with van der Waals surface area (Å²) in [6.45, 7) is 4.66. The molecule has 0 atom stereocenters. The van der Waals surface area contributed by atoms with Crippen LogP contribution in [0.5, 0.6) is 0 Å². The van der Waals surface area contributed by atoms with Crippen LogP contribution >= 0.6 is 0 Å². The molecule has 1 aliphatic carbocycles. The number of rotatable bonds is 5. The molecule has 1 fully saturated rings. The molecule has 1 aromatic rings. The topological polar surface area (TPSA) is 54.0 Å².